The molecule has 104 valence electrons. The van der Waals surface area contributed by atoms with Gasteiger partial charge in [-0.3, -0.25) is 0 Å². The monoisotopic (exact) mass is 364 g/mol. The second-order valence-electron chi connectivity index (χ2n) is 5.08. The molecule has 1 N–H and O–H groups in total. The zero-order valence-electron chi connectivity index (χ0n) is 10.1. The molecule has 1 aromatic carbocycles. The minimum atomic E-state index is -3.40. The summed E-state index contributed by atoms with van der Waals surface area (Å²) in [6.07, 6.45) is 0. The van der Waals surface area contributed by atoms with Crippen LogP contribution in [0.5, 0.6) is 0 Å². The number of benzene rings is 1. The molecule has 7 heteroatoms. The average Bonchev–Trinajstić information content (AvgIpc) is 2.93. The summed E-state index contributed by atoms with van der Waals surface area (Å²) in [5, 5.41) is 3.82. The second-order valence-corrected chi connectivity index (χ2v) is 8.28. The van der Waals surface area contributed by atoms with E-state index in [9.17, 15) is 8.42 Å². The standard InChI is InChI=1S/C12H14BrClN2O2S/c13-11-3-10(1-2-12(11)14)19(17,18)16-6-8-4-15-5-9(8)7-16/h1-3,8-9,15H,4-7H2. The molecule has 19 heavy (non-hydrogen) atoms. The van der Waals surface area contributed by atoms with Gasteiger partial charge in [-0.25, -0.2) is 8.42 Å². The van der Waals surface area contributed by atoms with Crippen LogP contribution in [-0.2, 0) is 10.0 Å². The fourth-order valence-corrected chi connectivity index (χ4v) is 5.02. The van der Waals surface area contributed by atoms with Crippen LogP contribution in [-0.4, -0.2) is 38.9 Å². The van der Waals surface area contributed by atoms with Gasteiger partial charge < -0.3 is 5.32 Å². The van der Waals surface area contributed by atoms with Gasteiger partial charge >= 0.3 is 0 Å². The molecule has 1 aromatic rings. The maximum Gasteiger partial charge on any atom is 0.243 e. The molecule has 0 spiro atoms. The molecule has 0 amide bonds. The van der Waals surface area contributed by atoms with Crippen molar-refractivity contribution in [2.45, 2.75) is 4.90 Å². The van der Waals surface area contributed by atoms with Crippen LogP contribution in [0.2, 0.25) is 5.02 Å². The normalized spacial score (nSPS) is 27.7. The Labute approximate surface area is 126 Å². The first kappa shape index (κ1) is 13.8. The lowest BCUT2D eigenvalue weighted by Crippen LogP contribution is -2.31. The minimum Gasteiger partial charge on any atom is -0.316 e. The summed E-state index contributed by atoms with van der Waals surface area (Å²) in [4.78, 5) is 0.303. The number of nitrogens with zero attached hydrogens (tertiary/aromatic N) is 1. The Hall–Kier alpha value is -0.140. The van der Waals surface area contributed by atoms with E-state index >= 15 is 0 Å². The molecule has 2 unspecified atom stereocenters. The summed E-state index contributed by atoms with van der Waals surface area (Å²) in [5.74, 6) is 0.899. The molecular formula is C12H14BrClN2O2S. The molecule has 0 saturated carbocycles. The smallest absolute Gasteiger partial charge is 0.243 e. The van der Waals surface area contributed by atoms with Crippen LogP contribution in [0.3, 0.4) is 0 Å². The third-order valence-corrected chi connectivity index (χ3v) is 6.93. The van der Waals surface area contributed by atoms with Crippen LogP contribution in [0.15, 0.2) is 27.6 Å². The lowest BCUT2D eigenvalue weighted by Gasteiger charge is -2.17. The van der Waals surface area contributed by atoms with Gasteiger partial charge in [-0.1, -0.05) is 11.6 Å². The van der Waals surface area contributed by atoms with Crippen molar-refractivity contribution >= 4 is 37.6 Å². The molecule has 0 radical (unpaired) electrons. The Morgan fingerprint density at radius 1 is 1.26 bits per heavy atom. The summed E-state index contributed by atoms with van der Waals surface area (Å²) < 4.78 is 27.3. The number of halogens is 2. The predicted molar refractivity (Wildman–Crippen MR) is 77.8 cm³/mol. The van der Waals surface area contributed by atoms with Gasteiger partial charge in [0.05, 0.1) is 9.92 Å². The largest absolute Gasteiger partial charge is 0.316 e. The Balaban J connectivity index is 1.88. The van der Waals surface area contributed by atoms with Gasteiger partial charge in [-0.05, 0) is 59.1 Å². The van der Waals surface area contributed by atoms with E-state index in [1.807, 2.05) is 0 Å². The Kier molecular flexibility index (Phi) is 3.64. The highest BCUT2D eigenvalue weighted by Crippen LogP contribution is 2.32. The second kappa shape index (κ2) is 5.00. The lowest BCUT2D eigenvalue weighted by molar-refractivity contribution is 0.448. The van der Waals surface area contributed by atoms with Crippen molar-refractivity contribution in [1.29, 1.82) is 0 Å². The van der Waals surface area contributed by atoms with Crippen LogP contribution >= 0.6 is 27.5 Å². The van der Waals surface area contributed by atoms with Gasteiger partial charge in [0.2, 0.25) is 10.0 Å². The van der Waals surface area contributed by atoms with Crippen molar-refractivity contribution in [1.82, 2.24) is 9.62 Å². The van der Waals surface area contributed by atoms with E-state index in [-0.39, 0.29) is 0 Å². The zero-order chi connectivity index (χ0) is 13.6. The van der Waals surface area contributed by atoms with E-state index in [1.165, 1.54) is 0 Å². The molecule has 2 heterocycles. The first-order valence-electron chi connectivity index (χ1n) is 6.14. The van der Waals surface area contributed by atoms with Crippen LogP contribution in [0.1, 0.15) is 0 Å². The van der Waals surface area contributed by atoms with Crippen molar-refractivity contribution in [3.63, 3.8) is 0 Å². The molecule has 2 atom stereocenters. The zero-order valence-corrected chi connectivity index (χ0v) is 13.3. The van der Waals surface area contributed by atoms with Gasteiger partial charge in [0.1, 0.15) is 0 Å². The highest BCUT2D eigenvalue weighted by molar-refractivity contribution is 9.10. The first-order chi connectivity index (χ1) is 8.98. The maximum atomic E-state index is 12.6. The third-order valence-electron chi connectivity index (χ3n) is 3.88. The van der Waals surface area contributed by atoms with Gasteiger partial charge in [0.15, 0.2) is 0 Å². The molecule has 0 aliphatic carbocycles. The summed E-state index contributed by atoms with van der Waals surface area (Å²) >= 11 is 9.18. The molecule has 2 saturated heterocycles. The molecule has 4 nitrogen and oxygen atoms in total. The molecular weight excluding hydrogens is 352 g/mol. The third kappa shape index (κ3) is 2.45. The summed E-state index contributed by atoms with van der Waals surface area (Å²) in [5.41, 5.74) is 0. The van der Waals surface area contributed by atoms with Crippen LogP contribution in [0.4, 0.5) is 0 Å². The summed E-state index contributed by atoms with van der Waals surface area (Å²) in [6.45, 7) is 3.06. The van der Waals surface area contributed by atoms with E-state index in [0.29, 0.717) is 39.3 Å². The predicted octanol–water partition coefficient (Wildman–Crippen LogP) is 1.94. The van der Waals surface area contributed by atoms with Gasteiger partial charge in [0.25, 0.3) is 0 Å². The van der Waals surface area contributed by atoms with Crippen molar-refractivity contribution in [3.05, 3.63) is 27.7 Å². The highest BCUT2D eigenvalue weighted by atomic mass is 79.9. The molecule has 3 rings (SSSR count). The lowest BCUT2D eigenvalue weighted by atomic mass is 10.0. The van der Waals surface area contributed by atoms with Crippen LogP contribution in [0.25, 0.3) is 0 Å². The topological polar surface area (TPSA) is 49.4 Å². The van der Waals surface area contributed by atoms with Crippen molar-refractivity contribution < 1.29 is 8.42 Å². The molecule has 2 aliphatic rings. The van der Waals surface area contributed by atoms with Crippen molar-refractivity contribution in [2.24, 2.45) is 11.8 Å². The van der Waals surface area contributed by atoms with Gasteiger partial charge in [-0.15, -0.1) is 0 Å². The maximum absolute atomic E-state index is 12.6. The Morgan fingerprint density at radius 2 is 1.89 bits per heavy atom. The fraction of sp³-hybridized carbons (Fsp3) is 0.500. The van der Waals surface area contributed by atoms with Gasteiger partial charge in [-0.2, -0.15) is 4.31 Å². The number of rotatable bonds is 2. The van der Waals surface area contributed by atoms with Crippen molar-refractivity contribution in [3.8, 4) is 0 Å². The van der Waals surface area contributed by atoms with E-state index in [4.69, 9.17) is 11.6 Å². The quantitative estimate of drug-likeness (QED) is 0.871. The van der Waals surface area contributed by atoms with Crippen molar-refractivity contribution in [2.75, 3.05) is 26.2 Å². The molecule has 0 bridgehead atoms. The minimum absolute atomic E-state index is 0.303. The number of hydrogen-bond acceptors (Lipinski definition) is 3. The first-order valence-corrected chi connectivity index (χ1v) is 8.75. The van der Waals surface area contributed by atoms with E-state index < -0.39 is 10.0 Å². The SMILES string of the molecule is O=S(=O)(c1ccc(Cl)c(Br)c1)N1CC2CNCC2C1. The highest BCUT2D eigenvalue weighted by Gasteiger charge is 2.41. The Bertz CT molecular complexity index is 596. The summed E-state index contributed by atoms with van der Waals surface area (Å²) in [6, 6.07) is 4.75. The van der Waals surface area contributed by atoms with Crippen LogP contribution < -0.4 is 5.32 Å². The number of hydrogen-bond donors (Lipinski definition) is 1. The molecule has 2 aliphatic heterocycles. The summed E-state index contributed by atoms with van der Waals surface area (Å²) in [7, 11) is -3.40. The fourth-order valence-electron chi connectivity index (χ4n) is 2.79. The number of nitrogens with one attached hydrogen (secondary N) is 1. The van der Waals surface area contributed by atoms with Gasteiger partial charge in [0, 0.05) is 17.6 Å². The van der Waals surface area contributed by atoms with E-state index in [1.54, 1.807) is 22.5 Å². The van der Waals surface area contributed by atoms with E-state index in [0.717, 1.165) is 13.1 Å². The van der Waals surface area contributed by atoms with E-state index in [2.05, 4.69) is 21.2 Å². The van der Waals surface area contributed by atoms with Crippen LogP contribution in [0, 0.1) is 11.8 Å². The Morgan fingerprint density at radius 3 is 2.47 bits per heavy atom. The number of fused-ring (bicyclic) bond motifs is 1. The molecule has 0 aromatic heterocycles. The average molecular weight is 366 g/mol. The molecule has 2 fully saturated rings. The number of sulfonamides is 1.